The fraction of sp³-hybridized carbons (Fsp3) is 0.609. The second-order valence-corrected chi connectivity index (χ2v) is 8.43. The van der Waals surface area contributed by atoms with Crippen LogP contribution >= 0.6 is 0 Å². The molecule has 168 valence electrons. The molecular formula is C23H31N3O5. The molecule has 3 aliphatic rings. The summed E-state index contributed by atoms with van der Waals surface area (Å²) in [5, 5.41) is 3.05. The van der Waals surface area contributed by atoms with Crippen LogP contribution in [0.4, 0.5) is 0 Å². The van der Waals surface area contributed by atoms with Crippen molar-refractivity contribution in [1.82, 2.24) is 15.1 Å². The van der Waals surface area contributed by atoms with E-state index in [-0.39, 0.29) is 23.8 Å². The SMILES string of the molecule is CCCCN1C(=O)c2ccc(C(=O)NCC(C3CCOC3)N3CCOCC3)cc2C1=O. The summed E-state index contributed by atoms with van der Waals surface area (Å²) in [5.41, 5.74) is 1.11. The van der Waals surface area contributed by atoms with Crippen molar-refractivity contribution in [3.8, 4) is 0 Å². The van der Waals surface area contributed by atoms with Gasteiger partial charge in [0.25, 0.3) is 17.7 Å². The van der Waals surface area contributed by atoms with Gasteiger partial charge in [0.2, 0.25) is 0 Å². The molecule has 0 saturated carbocycles. The van der Waals surface area contributed by atoms with Crippen LogP contribution in [0.3, 0.4) is 0 Å². The van der Waals surface area contributed by atoms with Crippen LogP contribution in [-0.2, 0) is 9.47 Å². The molecule has 0 radical (unpaired) electrons. The number of unbranched alkanes of at least 4 members (excludes halogenated alkanes) is 1. The summed E-state index contributed by atoms with van der Waals surface area (Å²) in [6, 6.07) is 4.97. The Morgan fingerprint density at radius 2 is 1.90 bits per heavy atom. The number of benzene rings is 1. The van der Waals surface area contributed by atoms with E-state index in [0.717, 1.165) is 39.0 Å². The van der Waals surface area contributed by atoms with Crippen LogP contribution in [0.5, 0.6) is 0 Å². The van der Waals surface area contributed by atoms with Crippen LogP contribution in [-0.4, -0.2) is 86.2 Å². The molecule has 0 spiro atoms. The number of nitrogens with one attached hydrogen (secondary N) is 1. The largest absolute Gasteiger partial charge is 0.381 e. The number of nitrogens with zero attached hydrogens (tertiary/aromatic N) is 2. The number of imide groups is 1. The van der Waals surface area contributed by atoms with Gasteiger partial charge in [0.15, 0.2) is 0 Å². The number of rotatable bonds is 8. The predicted octanol–water partition coefficient (Wildman–Crippen LogP) is 1.55. The monoisotopic (exact) mass is 429 g/mol. The molecule has 0 bridgehead atoms. The maximum absolute atomic E-state index is 12.9. The topological polar surface area (TPSA) is 88.2 Å². The molecule has 2 unspecified atom stereocenters. The number of hydrogen-bond acceptors (Lipinski definition) is 6. The molecule has 0 aromatic heterocycles. The van der Waals surface area contributed by atoms with Crippen LogP contribution in [0, 0.1) is 5.92 Å². The fourth-order valence-corrected chi connectivity index (χ4v) is 4.61. The molecule has 2 atom stereocenters. The van der Waals surface area contributed by atoms with Crippen LogP contribution in [0.2, 0.25) is 0 Å². The van der Waals surface area contributed by atoms with Crippen molar-refractivity contribution in [2.45, 2.75) is 32.2 Å². The quantitative estimate of drug-likeness (QED) is 0.631. The Morgan fingerprint density at radius 1 is 1.13 bits per heavy atom. The van der Waals surface area contributed by atoms with Gasteiger partial charge in [-0.3, -0.25) is 24.2 Å². The number of carbonyl (C=O) groups excluding carboxylic acids is 3. The Bertz CT molecular complexity index is 831. The lowest BCUT2D eigenvalue weighted by Gasteiger charge is -2.37. The van der Waals surface area contributed by atoms with Crippen LogP contribution < -0.4 is 5.32 Å². The third-order valence-corrected chi connectivity index (χ3v) is 6.46. The van der Waals surface area contributed by atoms with Crippen LogP contribution in [0.1, 0.15) is 57.3 Å². The van der Waals surface area contributed by atoms with Gasteiger partial charge in [0.1, 0.15) is 0 Å². The second kappa shape index (κ2) is 9.89. The van der Waals surface area contributed by atoms with Crippen molar-refractivity contribution < 1.29 is 23.9 Å². The van der Waals surface area contributed by atoms with E-state index in [1.807, 2.05) is 6.92 Å². The molecule has 4 rings (SSSR count). The van der Waals surface area contributed by atoms with Gasteiger partial charge >= 0.3 is 0 Å². The molecule has 1 N–H and O–H groups in total. The zero-order valence-electron chi connectivity index (χ0n) is 18.1. The maximum atomic E-state index is 12.9. The summed E-state index contributed by atoms with van der Waals surface area (Å²) in [4.78, 5) is 41.7. The summed E-state index contributed by atoms with van der Waals surface area (Å²) in [6.45, 7) is 7.51. The molecule has 1 aromatic rings. The Morgan fingerprint density at radius 3 is 2.61 bits per heavy atom. The smallest absolute Gasteiger partial charge is 0.261 e. The minimum atomic E-state index is -0.308. The lowest BCUT2D eigenvalue weighted by atomic mass is 9.96. The average molecular weight is 430 g/mol. The third-order valence-electron chi connectivity index (χ3n) is 6.46. The minimum absolute atomic E-state index is 0.192. The summed E-state index contributed by atoms with van der Waals surface area (Å²) < 4.78 is 11.1. The van der Waals surface area contributed by atoms with Crippen molar-refractivity contribution in [3.63, 3.8) is 0 Å². The van der Waals surface area contributed by atoms with E-state index >= 15 is 0 Å². The molecule has 0 aliphatic carbocycles. The molecule has 8 heteroatoms. The van der Waals surface area contributed by atoms with Gasteiger partial charge in [0, 0.05) is 50.3 Å². The van der Waals surface area contributed by atoms with E-state index in [1.54, 1.807) is 18.2 Å². The molecular weight excluding hydrogens is 398 g/mol. The predicted molar refractivity (Wildman–Crippen MR) is 114 cm³/mol. The highest BCUT2D eigenvalue weighted by molar-refractivity contribution is 6.22. The Hall–Kier alpha value is -2.29. The number of fused-ring (bicyclic) bond motifs is 1. The number of ether oxygens (including phenoxy) is 2. The van der Waals surface area contributed by atoms with Gasteiger partial charge < -0.3 is 14.8 Å². The highest BCUT2D eigenvalue weighted by atomic mass is 16.5. The minimum Gasteiger partial charge on any atom is -0.381 e. The number of morpholine rings is 1. The fourth-order valence-electron chi connectivity index (χ4n) is 4.61. The molecule has 2 saturated heterocycles. The Labute approximate surface area is 182 Å². The summed E-state index contributed by atoms with van der Waals surface area (Å²) in [5.74, 6) is -0.427. The summed E-state index contributed by atoms with van der Waals surface area (Å²) in [6.07, 6.45) is 2.66. The van der Waals surface area contributed by atoms with Gasteiger partial charge in [-0.1, -0.05) is 13.3 Å². The summed E-state index contributed by atoms with van der Waals surface area (Å²) >= 11 is 0. The van der Waals surface area contributed by atoms with Crippen molar-refractivity contribution >= 4 is 17.7 Å². The van der Waals surface area contributed by atoms with Crippen molar-refractivity contribution in [1.29, 1.82) is 0 Å². The Kier molecular flexibility index (Phi) is 6.99. The molecule has 3 amide bonds. The van der Waals surface area contributed by atoms with Gasteiger partial charge in [0.05, 0.1) is 30.9 Å². The van der Waals surface area contributed by atoms with E-state index in [1.165, 1.54) is 4.90 Å². The Balaban J connectivity index is 1.43. The summed E-state index contributed by atoms with van der Waals surface area (Å²) in [7, 11) is 0. The first kappa shape index (κ1) is 21.9. The van der Waals surface area contributed by atoms with E-state index < -0.39 is 0 Å². The lowest BCUT2D eigenvalue weighted by molar-refractivity contribution is 0.00166. The van der Waals surface area contributed by atoms with E-state index in [0.29, 0.717) is 55.5 Å². The van der Waals surface area contributed by atoms with Gasteiger partial charge in [-0.15, -0.1) is 0 Å². The number of amides is 3. The van der Waals surface area contributed by atoms with Crippen molar-refractivity contribution in [3.05, 3.63) is 34.9 Å². The number of hydrogen-bond donors (Lipinski definition) is 1. The molecule has 2 fully saturated rings. The average Bonchev–Trinajstić information content (AvgIpc) is 3.41. The molecule has 8 nitrogen and oxygen atoms in total. The van der Waals surface area contributed by atoms with Crippen molar-refractivity contribution in [2.24, 2.45) is 5.92 Å². The zero-order valence-corrected chi connectivity index (χ0v) is 18.1. The molecule has 3 aliphatic heterocycles. The van der Waals surface area contributed by atoms with Gasteiger partial charge in [-0.05, 0) is 31.0 Å². The first-order chi connectivity index (χ1) is 15.1. The first-order valence-electron chi connectivity index (χ1n) is 11.3. The van der Waals surface area contributed by atoms with Crippen LogP contribution in [0.15, 0.2) is 18.2 Å². The van der Waals surface area contributed by atoms with E-state index in [9.17, 15) is 14.4 Å². The second-order valence-electron chi connectivity index (χ2n) is 8.43. The molecule has 3 heterocycles. The highest BCUT2D eigenvalue weighted by Crippen LogP contribution is 2.25. The van der Waals surface area contributed by atoms with Crippen molar-refractivity contribution in [2.75, 3.05) is 52.6 Å². The van der Waals surface area contributed by atoms with E-state index in [2.05, 4.69) is 10.2 Å². The maximum Gasteiger partial charge on any atom is 0.261 e. The van der Waals surface area contributed by atoms with E-state index in [4.69, 9.17) is 9.47 Å². The first-order valence-corrected chi connectivity index (χ1v) is 11.3. The highest BCUT2D eigenvalue weighted by Gasteiger charge is 2.36. The normalized spacial score (nSPS) is 22.6. The lowest BCUT2D eigenvalue weighted by Crippen LogP contribution is -2.52. The molecule has 1 aromatic carbocycles. The van der Waals surface area contributed by atoms with Gasteiger partial charge in [-0.25, -0.2) is 0 Å². The standard InChI is InChI=1S/C23H31N3O5/c1-2-3-7-26-22(28)18-5-4-16(13-19(18)23(26)29)21(27)24-14-20(17-6-10-31-15-17)25-8-11-30-12-9-25/h4-5,13,17,20H,2-3,6-12,14-15H2,1H3,(H,24,27). The van der Waals surface area contributed by atoms with Crippen LogP contribution in [0.25, 0.3) is 0 Å². The van der Waals surface area contributed by atoms with Gasteiger partial charge in [-0.2, -0.15) is 0 Å². The number of carbonyl (C=O) groups is 3. The third kappa shape index (κ3) is 4.66. The zero-order chi connectivity index (χ0) is 21.8. The molecule has 31 heavy (non-hydrogen) atoms.